The number of aryl methyl sites for hydroxylation is 3. The molecular formula is C17H21NO2S. The van der Waals surface area contributed by atoms with E-state index in [9.17, 15) is 8.42 Å². The second-order valence-corrected chi connectivity index (χ2v) is 7.54. The van der Waals surface area contributed by atoms with Crippen LogP contribution in [-0.4, -0.2) is 14.7 Å². The Bertz CT molecular complexity index is 764. The molecule has 0 saturated heterocycles. The number of rotatable bonds is 4. The van der Waals surface area contributed by atoms with Crippen LogP contribution in [0.15, 0.2) is 41.3 Å². The van der Waals surface area contributed by atoms with Crippen molar-refractivity contribution in [2.45, 2.75) is 32.2 Å². The Labute approximate surface area is 126 Å². The molecule has 2 rings (SSSR count). The molecule has 0 saturated carbocycles. The average molecular weight is 303 g/mol. The van der Waals surface area contributed by atoms with Crippen LogP contribution in [0.3, 0.4) is 0 Å². The van der Waals surface area contributed by atoms with Gasteiger partial charge in [0.1, 0.15) is 0 Å². The lowest BCUT2D eigenvalue weighted by molar-refractivity contribution is 0.602. The molecule has 0 radical (unpaired) electrons. The predicted molar refractivity (Wildman–Crippen MR) is 87.5 cm³/mol. The quantitative estimate of drug-likeness (QED) is 0.938. The summed E-state index contributed by atoms with van der Waals surface area (Å²) in [6, 6.07) is 11.5. The zero-order valence-electron chi connectivity index (χ0n) is 12.9. The first-order chi connectivity index (χ1) is 9.77. The van der Waals surface area contributed by atoms with E-state index in [2.05, 4.69) is 37.4 Å². The van der Waals surface area contributed by atoms with Gasteiger partial charge in [-0.15, -0.1) is 0 Å². The summed E-state index contributed by atoms with van der Waals surface area (Å²) in [6.07, 6.45) is 1.23. The summed E-state index contributed by atoms with van der Waals surface area (Å²) >= 11 is 0. The molecule has 0 bridgehead atoms. The first-order valence-electron chi connectivity index (χ1n) is 6.88. The monoisotopic (exact) mass is 303 g/mol. The van der Waals surface area contributed by atoms with Crippen LogP contribution < -0.4 is 5.32 Å². The van der Waals surface area contributed by atoms with Crippen molar-refractivity contribution in [1.82, 2.24) is 0 Å². The molecule has 1 N–H and O–H groups in total. The maximum atomic E-state index is 11.6. The zero-order chi connectivity index (χ0) is 15.6. The van der Waals surface area contributed by atoms with E-state index in [-0.39, 0.29) is 0 Å². The van der Waals surface area contributed by atoms with Gasteiger partial charge >= 0.3 is 0 Å². The van der Waals surface area contributed by atoms with E-state index in [0.717, 1.165) is 11.3 Å². The molecule has 2 aromatic carbocycles. The van der Waals surface area contributed by atoms with Gasteiger partial charge in [-0.25, -0.2) is 8.42 Å². The van der Waals surface area contributed by atoms with Crippen molar-refractivity contribution in [3.63, 3.8) is 0 Å². The third-order valence-corrected chi connectivity index (χ3v) is 4.80. The Morgan fingerprint density at radius 3 is 2.19 bits per heavy atom. The van der Waals surface area contributed by atoms with Crippen LogP contribution in [0.25, 0.3) is 0 Å². The molecule has 0 fully saturated rings. The van der Waals surface area contributed by atoms with Crippen molar-refractivity contribution < 1.29 is 8.42 Å². The van der Waals surface area contributed by atoms with Gasteiger partial charge in [-0.2, -0.15) is 0 Å². The molecule has 0 aromatic heterocycles. The van der Waals surface area contributed by atoms with Crippen LogP contribution in [0, 0.1) is 20.8 Å². The predicted octanol–water partition coefficient (Wildman–Crippen LogP) is 3.63. The molecule has 112 valence electrons. The number of nitrogens with one attached hydrogen (secondary N) is 1. The maximum Gasteiger partial charge on any atom is 0.175 e. The molecule has 0 atom stereocenters. The van der Waals surface area contributed by atoms with Crippen molar-refractivity contribution >= 4 is 15.5 Å². The first kappa shape index (κ1) is 15.6. The lowest BCUT2D eigenvalue weighted by atomic mass is 10.1. The molecule has 0 aliphatic rings. The molecule has 0 aliphatic heterocycles. The molecule has 0 spiro atoms. The van der Waals surface area contributed by atoms with Gasteiger partial charge in [0.05, 0.1) is 4.90 Å². The molecule has 2 aromatic rings. The van der Waals surface area contributed by atoms with Crippen molar-refractivity contribution in [2.24, 2.45) is 0 Å². The van der Waals surface area contributed by atoms with Gasteiger partial charge in [0.2, 0.25) is 0 Å². The van der Waals surface area contributed by atoms with Crippen LogP contribution in [0.4, 0.5) is 5.69 Å². The summed E-state index contributed by atoms with van der Waals surface area (Å²) in [6.45, 7) is 6.82. The zero-order valence-corrected chi connectivity index (χ0v) is 13.7. The van der Waals surface area contributed by atoms with E-state index in [1.165, 1.54) is 22.9 Å². The number of hydrogen-bond acceptors (Lipinski definition) is 3. The molecule has 0 heterocycles. The molecular weight excluding hydrogens is 282 g/mol. The Balaban J connectivity index is 2.21. The summed E-state index contributed by atoms with van der Waals surface area (Å²) < 4.78 is 23.2. The summed E-state index contributed by atoms with van der Waals surface area (Å²) in [7, 11) is -3.18. The highest BCUT2D eigenvalue weighted by molar-refractivity contribution is 7.90. The van der Waals surface area contributed by atoms with Gasteiger partial charge in [-0.1, -0.05) is 24.3 Å². The van der Waals surface area contributed by atoms with Gasteiger partial charge in [-0.05, 0) is 55.2 Å². The van der Waals surface area contributed by atoms with E-state index in [1.807, 2.05) is 13.0 Å². The second kappa shape index (κ2) is 5.90. The topological polar surface area (TPSA) is 46.2 Å². The van der Waals surface area contributed by atoms with Crippen molar-refractivity contribution in [3.05, 3.63) is 58.7 Å². The second-order valence-electron chi connectivity index (χ2n) is 5.52. The molecule has 21 heavy (non-hydrogen) atoms. The lowest BCUT2D eigenvalue weighted by Crippen LogP contribution is -2.04. The SMILES string of the molecule is Cc1ccc(CNc2cc(S(C)(=O)=O)ccc2C)cc1C. The third-order valence-electron chi connectivity index (χ3n) is 3.69. The molecule has 3 nitrogen and oxygen atoms in total. The summed E-state index contributed by atoms with van der Waals surface area (Å²) in [4.78, 5) is 0.343. The van der Waals surface area contributed by atoms with E-state index < -0.39 is 9.84 Å². The Morgan fingerprint density at radius 2 is 1.57 bits per heavy atom. The highest BCUT2D eigenvalue weighted by atomic mass is 32.2. The van der Waals surface area contributed by atoms with Crippen molar-refractivity contribution in [1.29, 1.82) is 0 Å². The van der Waals surface area contributed by atoms with Gasteiger partial charge < -0.3 is 5.32 Å². The minimum absolute atomic E-state index is 0.343. The van der Waals surface area contributed by atoms with E-state index in [1.54, 1.807) is 12.1 Å². The number of anilines is 1. The highest BCUT2D eigenvalue weighted by Crippen LogP contribution is 2.21. The molecule has 4 heteroatoms. The largest absolute Gasteiger partial charge is 0.381 e. The van der Waals surface area contributed by atoms with Crippen LogP contribution in [0.1, 0.15) is 22.3 Å². The molecule has 0 unspecified atom stereocenters. The van der Waals surface area contributed by atoms with Gasteiger partial charge in [0.25, 0.3) is 0 Å². The minimum Gasteiger partial charge on any atom is -0.381 e. The first-order valence-corrected chi connectivity index (χ1v) is 8.77. The summed E-state index contributed by atoms with van der Waals surface area (Å²) in [5.41, 5.74) is 5.61. The normalized spacial score (nSPS) is 11.4. The van der Waals surface area contributed by atoms with Crippen LogP contribution >= 0.6 is 0 Å². The fraction of sp³-hybridized carbons (Fsp3) is 0.294. The highest BCUT2D eigenvalue weighted by Gasteiger charge is 2.09. The minimum atomic E-state index is -3.18. The Kier molecular flexibility index (Phi) is 4.37. The van der Waals surface area contributed by atoms with Gasteiger partial charge in [0.15, 0.2) is 9.84 Å². The fourth-order valence-corrected chi connectivity index (χ4v) is 2.78. The smallest absolute Gasteiger partial charge is 0.175 e. The van der Waals surface area contributed by atoms with Gasteiger partial charge in [0, 0.05) is 18.5 Å². The lowest BCUT2D eigenvalue weighted by Gasteiger charge is -2.12. The maximum absolute atomic E-state index is 11.6. The molecule has 0 amide bonds. The molecule has 0 aliphatic carbocycles. The Morgan fingerprint density at radius 1 is 0.905 bits per heavy atom. The van der Waals surface area contributed by atoms with Crippen molar-refractivity contribution in [2.75, 3.05) is 11.6 Å². The van der Waals surface area contributed by atoms with Crippen LogP contribution in [0.5, 0.6) is 0 Å². The van der Waals surface area contributed by atoms with E-state index in [0.29, 0.717) is 11.4 Å². The van der Waals surface area contributed by atoms with E-state index in [4.69, 9.17) is 0 Å². The standard InChI is InChI=1S/C17H21NO2S/c1-12-5-7-15(9-14(12)3)11-18-17-10-16(21(4,19)20)8-6-13(17)2/h5-10,18H,11H2,1-4H3. The Hall–Kier alpha value is -1.81. The van der Waals surface area contributed by atoms with Crippen molar-refractivity contribution in [3.8, 4) is 0 Å². The summed E-state index contributed by atoms with van der Waals surface area (Å²) in [5.74, 6) is 0. The number of hydrogen-bond donors (Lipinski definition) is 1. The average Bonchev–Trinajstić information content (AvgIpc) is 2.40. The van der Waals surface area contributed by atoms with Crippen LogP contribution in [-0.2, 0) is 16.4 Å². The third kappa shape index (κ3) is 3.85. The summed E-state index contributed by atoms with van der Waals surface area (Å²) in [5, 5.41) is 3.32. The number of sulfone groups is 1. The van der Waals surface area contributed by atoms with Crippen LogP contribution in [0.2, 0.25) is 0 Å². The number of benzene rings is 2. The van der Waals surface area contributed by atoms with Gasteiger partial charge in [-0.3, -0.25) is 0 Å². The van der Waals surface area contributed by atoms with E-state index >= 15 is 0 Å². The fourth-order valence-electron chi connectivity index (χ4n) is 2.13.